The lowest BCUT2D eigenvalue weighted by atomic mass is 10.3. The summed E-state index contributed by atoms with van der Waals surface area (Å²) in [5, 5.41) is 0. The summed E-state index contributed by atoms with van der Waals surface area (Å²) in [4.78, 5) is 11.9. The molecular formula is C8H9N5. The molecule has 2 aromatic rings. The SMILES string of the molecule is Cn1ccnc1-c1cnc(N)nc1. The molecule has 0 saturated carbocycles. The third-order valence-corrected chi connectivity index (χ3v) is 1.75. The van der Waals surface area contributed by atoms with E-state index in [0.29, 0.717) is 0 Å². The van der Waals surface area contributed by atoms with Gasteiger partial charge in [-0.25, -0.2) is 15.0 Å². The number of hydrogen-bond acceptors (Lipinski definition) is 4. The third kappa shape index (κ3) is 1.35. The van der Waals surface area contributed by atoms with Crippen LogP contribution < -0.4 is 5.73 Å². The molecule has 0 amide bonds. The van der Waals surface area contributed by atoms with E-state index in [1.807, 2.05) is 17.8 Å². The maximum absolute atomic E-state index is 5.37. The van der Waals surface area contributed by atoms with Crippen LogP contribution >= 0.6 is 0 Å². The van der Waals surface area contributed by atoms with Crippen molar-refractivity contribution < 1.29 is 0 Å². The molecule has 0 aliphatic carbocycles. The lowest BCUT2D eigenvalue weighted by Crippen LogP contribution is -1.96. The van der Waals surface area contributed by atoms with E-state index in [1.165, 1.54) is 0 Å². The van der Waals surface area contributed by atoms with Crippen LogP contribution in [-0.4, -0.2) is 19.5 Å². The van der Waals surface area contributed by atoms with E-state index in [4.69, 9.17) is 5.73 Å². The van der Waals surface area contributed by atoms with Gasteiger partial charge in [-0.3, -0.25) is 0 Å². The number of rotatable bonds is 1. The van der Waals surface area contributed by atoms with Crippen LogP contribution in [0.15, 0.2) is 24.8 Å². The van der Waals surface area contributed by atoms with Gasteiger partial charge in [-0.05, 0) is 0 Å². The molecule has 2 aromatic heterocycles. The topological polar surface area (TPSA) is 69.6 Å². The van der Waals surface area contributed by atoms with Gasteiger partial charge < -0.3 is 10.3 Å². The fourth-order valence-electron chi connectivity index (χ4n) is 1.10. The van der Waals surface area contributed by atoms with Gasteiger partial charge in [0.25, 0.3) is 0 Å². The second-order valence-electron chi connectivity index (χ2n) is 2.69. The van der Waals surface area contributed by atoms with E-state index in [2.05, 4.69) is 15.0 Å². The van der Waals surface area contributed by atoms with E-state index in [9.17, 15) is 0 Å². The van der Waals surface area contributed by atoms with Crippen molar-refractivity contribution in [1.82, 2.24) is 19.5 Å². The zero-order valence-electron chi connectivity index (χ0n) is 7.18. The Kier molecular flexibility index (Phi) is 1.70. The predicted octanol–water partition coefficient (Wildman–Crippen LogP) is 0.459. The fourth-order valence-corrected chi connectivity index (χ4v) is 1.10. The molecular weight excluding hydrogens is 166 g/mol. The highest BCUT2D eigenvalue weighted by molar-refractivity contribution is 5.53. The van der Waals surface area contributed by atoms with Crippen LogP contribution in [-0.2, 0) is 7.05 Å². The lowest BCUT2D eigenvalue weighted by molar-refractivity contribution is 0.921. The van der Waals surface area contributed by atoms with Gasteiger partial charge in [0.05, 0.1) is 5.56 Å². The molecule has 0 saturated heterocycles. The summed E-state index contributed by atoms with van der Waals surface area (Å²) in [5.74, 6) is 1.11. The smallest absolute Gasteiger partial charge is 0.219 e. The number of aryl methyl sites for hydroxylation is 1. The lowest BCUT2D eigenvalue weighted by Gasteiger charge is -1.99. The van der Waals surface area contributed by atoms with Gasteiger partial charge in [-0.2, -0.15) is 0 Å². The van der Waals surface area contributed by atoms with E-state index in [-0.39, 0.29) is 5.95 Å². The molecule has 2 N–H and O–H groups in total. The van der Waals surface area contributed by atoms with Gasteiger partial charge in [-0.15, -0.1) is 0 Å². The summed E-state index contributed by atoms with van der Waals surface area (Å²) in [6.07, 6.45) is 6.91. The van der Waals surface area contributed by atoms with Crippen molar-refractivity contribution in [1.29, 1.82) is 0 Å². The van der Waals surface area contributed by atoms with E-state index >= 15 is 0 Å². The van der Waals surface area contributed by atoms with Crippen molar-refractivity contribution in [2.75, 3.05) is 5.73 Å². The minimum Gasteiger partial charge on any atom is -0.368 e. The Balaban J connectivity index is 2.47. The maximum atomic E-state index is 5.37. The van der Waals surface area contributed by atoms with Crippen LogP contribution in [0.1, 0.15) is 0 Å². The number of imidazole rings is 1. The first-order valence-corrected chi connectivity index (χ1v) is 3.82. The highest BCUT2D eigenvalue weighted by atomic mass is 15.0. The summed E-state index contributed by atoms with van der Waals surface area (Å²) in [6.45, 7) is 0. The number of nitrogens with two attached hydrogens (primary N) is 1. The van der Waals surface area contributed by atoms with Gasteiger partial charge >= 0.3 is 0 Å². The molecule has 0 atom stereocenters. The highest BCUT2D eigenvalue weighted by Crippen LogP contribution is 2.13. The molecule has 0 radical (unpaired) electrons. The summed E-state index contributed by atoms with van der Waals surface area (Å²) in [5.41, 5.74) is 6.23. The first-order valence-electron chi connectivity index (χ1n) is 3.82. The molecule has 2 rings (SSSR count). The van der Waals surface area contributed by atoms with Gasteiger partial charge in [0.2, 0.25) is 5.95 Å². The number of anilines is 1. The molecule has 0 unspecified atom stereocenters. The molecule has 0 aromatic carbocycles. The zero-order chi connectivity index (χ0) is 9.26. The number of nitrogen functional groups attached to an aromatic ring is 1. The Hall–Kier alpha value is -1.91. The minimum absolute atomic E-state index is 0.276. The number of nitrogens with zero attached hydrogens (tertiary/aromatic N) is 4. The normalized spacial score (nSPS) is 10.2. The standard InChI is InChI=1S/C8H9N5/c1-13-3-2-10-7(13)6-4-11-8(9)12-5-6/h2-5H,1H3,(H2,9,11,12). The van der Waals surface area contributed by atoms with Crippen molar-refractivity contribution in [2.24, 2.45) is 7.05 Å². The number of aromatic nitrogens is 4. The van der Waals surface area contributed by atoms with Crippen molar-refractivity contribution in [3.05, 3.63) is 24.8 Å². The van der Waals surface area contributed by atoms with Crippen LogP contribution in [0.3, 0.4) is 0 Å². The summed E-state index contributed by atoms with van der Waals surface area (Å²) in [6, 6.07) is 0. The molecule has 0 bridgehead atoms. The van der Waals surface area contributed by atoms with Crippen LogP contribution in [0.2, 0.25) is 0 Å². The Bertz CT molecular complexity index is 403. The van der Waals surface area contributed by atoms with Crippen molar-refractivity contribution in [3.8, 4) is 11.4 Å². The Morgan fingerprint density at radius 2 is 1.92 bits per heavy atom. The van der Waals surface area contributed by atoms with E-state index in [1.54, 1.807) is 18.6 Å². The van der Waals surface area contributed by atoms with Crippen LogP contribution in [0.25, 0.3) is 11.4 Å². The van der Waals surface area contributed by atoms with Gasteiger partial charge in [-0.1, -0.05) is 0 Å². The maximum Gasteiger partial charge on any atom is 0.219 e. The van der Waals surface area contributed by atoms with Crippen molar-refractivity contribution >= 4 is 5.95 Å². The molecule has 0 spiro atoms. The Morgan fingerprint density at radius 3 is 2.46 bits per heavy atom. The monoisotopic (exact) mass is 175 g/mol. The Morgan fingerprint density at radius 1 is 1.23 bits per heavy atom. The molecule has 0 fully saturated rings. The molecule has 2 heterocycles. The van der Waals surface area contributed by atoms with Crippen LogP contribution in [0.4, 0.5) is 5.95 Å². The Labute approximate surface area is 75.3 Å². The quantitative estimate of drug-likeness (QED) is 0.683. The number of hydrogen-bond donors (Lipinski definition) is 1. The largest absolute Gasteiger partial charge is 0.368 e. The molecule has 0 aliphatic rings. The highest BCUT2D eigenvalue weighted by Gasteiger charge is 2.02. The zero-order valence-corrected chi connectivity index (χ0v) is 7.18. The third-order valence-electron chi connectivity index (χ3n) is 1.75. The van der Waals surface area contributed by atoms with Crippen molar-refractivity contribution in [3.63, 3.8) is 0 Å². The molecule has 0 aliphatic heterocycles. The van der Waals surface area contributed by atoms with E-state index in [0.717, 1.165) is 11.4 Å². The second kappa shape index (κ2) is 2.85. The molecule has 5 heteroatoms. The van der Waals surface area contributed by atoms with Crippen LogP contribution in [0, 0.1) is 0 Å². The van der Waals surface area contributed by atoms with Gasteiger partial charge in [0, 0.05) is 31.8 Å². The van der Waals surface area contributed by atoms with E-state index < -0.39 is 0 Å². The van der Waals surface area contributed by atoms with Crippen LogP contribution in [0.5, 0.6) is 0 Å². The van der Waals surface area contributed by atoms with Gasteiger partial charge in [0.1, 0.15) is 5.82 Å². The summed E-state index contributed by atoms with van der Waals surface area (Å²) in [7, 11) is 1.92. The molecule has 13 heavy (non-hydrogen) atoms. The predicted molar refractivity (Wildman–Crippen MR) is 48.6 cm³/mol. The fraction of sp³-hybridized carbons (Fsp3) is 0.125. The second-order valence-corrected chi connectivity index (χ2v) is 2.69. The van der Waals surface area contributed by atoms with Crippen molar-refractivity contribution in [2.45, 2.75) is 0 Å². The van der Waals surface area contributed by atoms with Gasteiger partial charge in [0.15, 0.2) is 0 Å². The summed E-state index contributed by atoms with van der Waals surface area (Å²) >= 11 is 0. The molecule has 5 nitrogen and oxygen atoms in total. The molecule has 66 valence electrons. The first-order chi connectivity index (χ1) is 6.27. The minimum atomic E-state index is 0.276. The average Bonchev–Trinajstić information content (AvgIpc) is 2.53. The summed E-state index contributed by atoms with van der Waals surface area (Å²) < 4.78 is 1.90. The average molecular weight is 175 g/mol. The first kappa shape index (κ1) is 7.72.